The highest BCUT2D eigenvalue weighted by atomic mass is 16.7. The van der Waals surface area contributed by atoms with Crippen LogP contribution in [-0.2, 0) is 0 Å². The summed E-state index contributed by atoms with van der Waals surface area (Å²) < 4.78 is 5.48. The predicted octanol–water partition coefficient (Wildman–Crippen LogP) is 2.47. The van der Waals surface area contributed by atoms with Gasteiger partial charge in [0.25, 0.3) is 5.70 Å². The third-order valence-electron chi connectivity index (χ3n) is 3.00. The molecule has 1 aromatic rings. The standard InChI is InChI=1S/C13H12N2O5/c1-10-5-2-3-7-12(10)20-13(15(18)19)8-4-6-11(9-13)14(16)17/h2-8H,9H2,1H3. The van der Waals surface area contributed by atoms with Crippen LogP contribution in [-0.4, -0.2) is 15.6 Å². The van der Waals surface area contributed by atoms with Gasteiger partial charge in [-0.2, -0.15) is 0 Å². The maximum atomic E-state index is 11.3. The zero-order valence-corrected chi connectivity index (χ0v) is 10.7. The van der Waals surface area contributed by atoms with Gasteiger partial charge in [0.05, 0.1) is 9.85 Å². The largest absolute Gasteiger partial charge is 0.424 e. The molecule has 1 aliphatic rings. The van der Waals surface area contributed by atoms with Gasteiger partial charge in [0.15, 0.2) is 6.42 Å². The average Bonchev–Trinajstić information content (AvgIpc) is 2.41. The van der Waals surface area contributed by atoms with Crippen molar-refractivity contribution < 1.29 is 14.6 Å². The van der Waals surface area contributed by atoms with Crippen molar-refractivity contribution in [3.05, 3.63) is 74.0 Å². The van der Waals surface area contributed by atoms with Crippen LogP contribution in [0.5, 0.6) is 5.75 Å². The molecule has 0 aromatic heterocycles. The van der Waals surface area contributed by atoms with E-state index in [0.717, 1.165) is 5.56 Å². The first-order valence-corrected chi connectivity index (χ1v) is 5.86. The lowest BCUT2D eigenvalue weighted by molar-refractivity contribution is -0.604. The fourth-order valence-electron chi connectivity index (χ4n) is 1.91. The summed E-state index contributed by atoms with van der Waals surface area (Å²) in [5.74, 6) is 0.332. The van der Waals surface area contributed by atoms with Crippen LogP contribution in [0.3, 0.4) is 0 Å². The van der Waals surface area contributed by atoms with Crippen molar-refractivity contribution in [3.63, 3.8) is 0 Å². The second-order valence-electron chi connectivity index (χ2n) is 4.42. The average molecular weight is 276 g/mol. The molecule has 0 N–H and O–H groups in total. The summed E-state index contributed by atoms with van der Waals surface area (Å²) in [4.78, 5) is 20.9. The first-order chi connectivity index (χ1) is 9.44. The van der Waals surface area contributed by atoms with E-state index in [9.17, 15) is 20.2 Å². The van der Waals surface area contributed by atoms with Crippen LogP contribution < -0.4 is 4.74 Å². The van der Waals surface area contributed by atoms with E-state index in [4.69, 9.17) is 4.74 Å². The lowest BCUT2D eigenvalue weighted by Crippen LogP contribution is -2.44. The maximum absolute atomic E-state index is 11.3. The van der Waals surface area contributed by atoms with E-state index in [1.54, 1.807) is 31.2 Å². The van der Waals surface area contributed by atoms with Gasteiger partial charge in [0.2, 0.25) is 0 Å². The van der Waals surface area contributed by atoms with Crippen LogP contribution >= 0.6 is 0 Å². The number of para-hydroxylation sites is 1. The van der Waals surface area contributed by atoms with Gasteiger partial charge in [-0.15, -0.1) is 0 Å². The number of aryl methyl sites for hydroxylation is 1. The highest BCUT2D eigenvalue weighted by Crippen LogP contribution is 2.31. The van der Waals surface area contributed by atoms with Crippen LogP contribution in [0, 0.1) is 27.2 Å². The van der Waals surface area contributed by atoms with Crippen LogP contribution in [0.2, 0.25) is 0 Å². The Balaban J connectivity index is 2.36. The molecule has 0 fully saturated rings. The van der Waals surface area contributed by atoms with Gasteiger partial charge in [-0.3, -0.25) is 20.2 Å². The lowest BCUT2D eigenvalue weighted by atomic mass is 10.0. The van der Waals surface area contributed by atoms with E-state index < -0.39 is 22.0 Å². The lowest BCUT2D eigenvalue weighted by Gasteiger charge is -2.24. The molecule has 1 atom stereocenters. The second-order valence-corrected chi connectivity index (χ2v) is 4.42. The molecule has 2 rings (SSSR count). The van der Waals surface area contributed by atoms with Gasteiger partial charge >= 0.3 is 5.72 Å². The minimum atomic E-state index is -1.94. The molecule has 1 aliphatic carbocycles. The van der Waals surface area contributed by atoms with Crippen LogP contribution in [0.4, 0.5) is 0 Å². The third-order valence-corrected chi connectivity index (χ3v) is 3.00. The van der Waals surface area contributed by atoms with E-state index in [2.05, 4.69) is 0 Å². The first kappa shape index (κ1) is 13.7. The monoisotopic (exact) mass is 276 g/mol. The van der Waals surface area contributed by atoms with E-state index in [1.165, 1.54) is 18.2 Å². The Kier molecular flexibility index (Phi) is 3.51. The summed E-state index contributed by atoms with van der Waals surface area (Å²) in [6.07, 6.45) is 3.33. The SMILES string of the molecule is Cc1ccccc1OC1([N+](=O)[O-])C=CC=C([N+](=O)[O-])C1. The number of nitrogens with zero attached hydrogens (tertiary/aromatic N) is 2. The van der Waals surface area contributed by atoms with Crippen LogP contribution in [0.25, 0.3) is 0 Å². The molecule has 104 valence electrons. The Labute approximate surface area is 114 Å². The van der Waals surface area contributed by atoms with Crippen molar-refractivity contribution in [1.82, 2.24) is 0 Å². The minimum absolute atomic E-state index is 0.252. The number of hydrogen-bond donors (Lipinski definition) is 0. The quantitative estimate of drug-likeness (QED) is 0.478. The Bertz CT molecular complexity index is 623. The summed E-state index contributed by atoms with van der Waals surface area (Å²) in [6, 6.07) is 6.81. The molecular weight excluding hydrogens is 264 g/mol. The molecule has 0 saturated carbocycles. The smallest absolute Gasteiger partial charge is 0.393 e. The van der Waals surface area contributed by atoms with Gasteiger partial charge in [0.1, 0.15) is 5.75 Å². The maximum Gasteiger partial charge on any atom is 0.393 e. The molecule has 7 nitrogen and oxygen atoms in total. The predicted molar refractivity (Wildman–Crippen MR) is 70.4 cm³/mol. The number of benzene rings is 1. The Hall–Kier alpha value is -2.70. The van der Waals surface area contributed by atoms with Crippen molar-refractivity contribution in [2.45, 2.75) is 19.1 Å². The van der Waals surface area contributed by atoms with E-state index in [-0.39, 0.29) is 5.70 Å². The molecule has 1 aromatic carbocycles. The molecule has 7 heteroatoms. The highest BCUT2D eigenvalue weighted by Gasteiger charge is 2.48. The van der Waals surface area contributed by atoms with Gasteiger partial charge in [-0.05, 0) is 24.6 Å². The summed E-state index contributed by atoms with van der Waals surface area (Å²) in [7, 11) is 0. The summed E-state index contributed by atoms with van der Waals surface area (Å²) in [5, 5.41) is 22.1. The van der Waals surface area contributed by atoms with Crippen molar-refractivity contribution in [2.75, 3.05) is 0 Å². The zero-order valence-electron chi connectivity index (χ0n) is 10.7. The van der Waals surface area contributed by atoms with Crippen molar-refractivity contribution in [1.29, 1.82) is 0 Å². The molecule has 0 heterocycles. The molecule has 0 spiro atoms. The van der Waals surface area contributed by atoms with Crippen LogP contribution in [0.1, 0.15) is 12.0 Å². The molecule has 0 radical (unpaired) electrons. The van der Waals surface area contributed by atoms with Crippen molar-refractivity contribution in [3.8, 4) is 5.75 Å². The Morgan fingerprint density at radius 2 is 1.95 bits per heavy atom. The molecule has 0 amide bonds. The fraction of sp³-hybridized carbons (Fsp3) is 0.231. The second kappa shape index (κ2) is 5.12. The minimum Gasteiger partial charge on any atom is -0.424 e. The number of nitro groups is 2. The Morgan fingerprint density at radius 1 is 1.25 bits per heavy atom. The summed E-state index contributed by atoms with van der Waals surface area (Å²) in [5.41, 5.74) is -1.47. The fourth-order valence-corrected chi connectivity index (χ4v) is 1.91. The molecule has 0 aliphatic heterocycles. The first-order valence-electron chi connectivity index (χ1n) is 5.86. The number of allylic oxidation sites excluding steroid dienone is 2. The normalized spacial score (nSPS) is 21.1. The molecule has 0 saturated heterocycles. The zero-order chi connectivity index (χ0) is 14.8. The third kappa shape index (κ3) is 2.51. The number of rotatable bonds is 4. The van der Waals surface area contributed by atoms with Crippen LogP contribution in [0.15, 0.2) is 48.2 Å². The van der Waals surface area contributed by atoms with Crippen molar-refractivity contribution in [2.24, 2.45) is 0 Å². The van der Waals surface area contributed by atoms with Crippen molar-refractivity contribution >= 4 is 0 Å². The van der Waals surface area contributed by atoms with E-state index >= 15 is 0 Å². The topological polar surface area (TPSA) is 95.5 Å². The Morgan fingerprint density at radius 3 is 2.55 bits per heavy atom. The molecule has 20 heavy (non-hydrogen) atoms. The highest BCUT2D eigenvalue weighted by molar-refractivity contribution is 5.33. The number of hydrogen-bond acceptors (Lipinski definition) is 5. The number of ether oxygens (including phenoxy) is 1. The molecule has 1 unspecified atom stereocenters. The molecule has 0 bridgehead atoms. The van der Waals surface area contributed by atoms with Gasteiger partial charge in [0, 0.05) is 12.2 Å². The van der Waals surface area contributed by atoms with Gasteiger partial charge < -0.3 is 4.74 Å². The van der Waals surface area contributed by atoms with E-state index in [0.29, 0.717) is 5.75 Å². The summed E-state index contributed by atoms with van der Waals surface area (Å²) in [6.45, 7) is 1.75. The van der Waals surface area contributed by atoms with Gasteiger partial charge in [-0.25, -0.2) is 0 Å². The van der Waals surface area contributed by atoms with E-state index in [1.807, 2.05) is 0 Å². The van der Waals surface area contributed by atoms with Gasteiger partial charge in [-0.1, -0.05) is 18.2 Å². The summed E-state index contributed by atoms with van der Waals surface area (Å²) >= 11 is 0. The molecular formula is C13H12N2O5.